The summed E-state index contributed by atoms with van der Waals surface area (Å²) in [5.41, 5.74) is 2.41. The fourth-order valence-electron chi connectivity index (χ4n) is 7.11. The van der Waals surface area contributed by atoms with Crippen LogP contribution in [0.25, 0.3) is 0 Å². The molecule has 9 atom stereocenters. The van der Waals surface area contributed by atoms with Crippen molar-refractivity contribution < 1.29 is 34.4 Å². The van der Waals surface area contributed by atoms with Crippen molar-refractivity contribution in [3.05, 3.63) is 29.3 Å². The molecule has 8 heteroatoms. The van der Waals surface area contributed by atoms with Crippen molar-refractivity contribution in [3.63, 3.8) is 0 Å². The highest BCUT2D eigenvalue weighted by Gasteiger charge is 2.54. The molecule has 34 heavy (non-hydrogen) atoms. The first kappa shape index (κ1) is 23.7. The number of amides is 1. The van der Waals surface area contributed by atoms with Gasteiger partial charge in [0.25, 0.3) is 0 Å². The van der Waals surface area contributed by atoms with E-state index in [9.17, 15) is 24.9 Å². The highest BCUT2D eigenvalue weighted by Crippen LogP contribution is 2.59. The van der Waals surface area contributed by atoms with E-state index in [0.29, 0.717) is 29.3 Å². The SMILES string of the molecule is CC(=O)N[C@H]1[C@H](Oc2ccc3c(c2)CC[C@H]2[C@@H]3CC[C@]3(C)C(=O)CC[C@H]23)O[C@H](CO)[C@@H](O)[C@@H]1O. The topological polar surface area (TPSA) is 125 Å². The summed E-state index contributed by atoms with van der Waals surface area (Å²) in [6.07, 6.45) is 0.902. The van der Waals surface area contributed by atoms with Gasteiger partial charge in [-0.2, -0.15) is 0 Å². The molecule has 1 aromatic carbocycles. The molecule has 1 amide bonds. The molecule has 0 radical (unpaired) electrons. The molecule has 1 saturated heterocycles. The van der Waals surface area contributed by atoms with Gasteiger partial charge >= 0.3 is 0 Å². The number of aryl methyl sites for hydroxylation is 1. The summed E-state index contributed by atoms with van der Waals surface area (Å²) in [6.45, 7) is 3.01. The maximum atomic E-state index is 12.6. The molecule has 2 saturated carbocycles. The number of carbonyl (C=O) groups is 2. The highest BCUT2D eigenvalue weighted by molar-refractivity contribution is 5.87. The van der Waals surface area contributed by atoms with E-state index in [1.54, 1.807) is 0 Å². The molecule has 4 N–H and O–H groups in total. The van der Waals surface area contributed by atoms with Gasteiger partial charge in [-0.15, -0.1) is 0 Å². The Labute approximate surface area is 199 Å². The van der Waals surface area contributed by atoms with Crippen LogP contribution in [0.1, 0.15) is 63.0 Å². The number of benzene rings is 1. The number of fused-ring (bicyclic) bond motifs is 5. The van der Waals surface area contributed by atoms with Gasteiger partial charge < -0.3 is 30.1 Å². The summed E-state index contributed by atoms with van der Waals surface area (Å²) in [4.78, 5) is 24.2. The lowest BCUT2D eigenvalue weighted by Crippen LogP contribution is -2.65. The highest BCUT2D eigenvalue weighted by atomic mass is 16.7. The number of ether oxygens (including phenoxy) is 2. The molecule has 186 valence electrons. The van der Waals surface area contributed by atoms with Crippen molar-refractivity contribution in [2.24, 2.45) is 17.3 Å². The van der Waals surface area contributed by atoms with Crippen molar-refractivity contribution in [1.82, 2.24) is 5.32 Å². The summed E-state index contributed by atoms with van der Waals surface area (Å²) in [5, 5.41) is 32.9. The molecule has 1 heterocycles. The van der Waals surface area contributed by atoms with Gasteiger partial charge in [0.1, 0.15) is 35.9 Å². The molecule has 1 aromatic rings. The van der Waals surface area contributed by atoms with Crippen LogP contribution in [0.2, 0.25) is 0 Å². The van der Waals surface area contributed by atoms with Gasteiger partial charge in [-0.25, -0.2) is 0 Å². The Morgan fingerprint density at radius 2 is 2.00 bits per heavy atom. The first-order valence-electron chi connectivity index (χ1n) is 12.4. The lowest BCUT2D eigenvalue weighted by atomic mass is 9.55. The molecule has 3 fully saturated rings. The number of ketones is 1. The van der Waals surface area contributed by atoms with E-state index in [4.69, 9.17) is 9.47 Å². The second-order valence-corrected chi connectivity index (χ2v) is 10.7. The Balaban J connectivity index is 1.36. The first-order chi connectivity index (χ1) is 16.2. The smallest absolute Gasteiger partial charge is 0.223 e. The fraction of sp³-hybridized carbons (Fsp3) is 0.692. The minimum atomic E-state index is -1.35. The van der Waals surface area contributed by atoms with Gasteiger partial charge in [-0.3, -0.25) is 9.59 Å². The number of nitrogens with one attached hydrogen (secondary N) is 1. The van der Waals surface area contributed by atoms with Crippen LogP contribution in [-0.2, 0) is 20.7 Å². The van der Waals surface area contributed by atoms with Crippen LogP contribution in [-0.4, -0.2) is 64.3 Å². The molecular formula is C26H35NO7. The minimum Gasteiger partial charge on any atom is -0.463 e. The average molecular weight is 474 g/mol. The van der Waals surface area contributed by atoms with Gasteiger partial charge in [0.15, 0.2) is 0 Å². The van der Waals surface area contributed by atoms with Crippen molar-refractivity contribution in [2.75, 3.05) is 6.61 Å². The van der Waals surface area contributed by atoms with Gasteiger partial charge in [0, 0.05) is 18.8 Å². The van der Waals surface area contributed by atoms with E-state index in [-0.39, 0.29) is 11.3 Å². The van der Waals surface area contributed by atoms with E-state index < -0.39 is 37.3 Å². The van der Waals surface area contributed by atoms with Gasteiger partial charge in [0.2, 0.25) is 12.2 Å². The standard InChI is InChI=1S/C26H35NO7/c1-13(29)27-22-24(32)23(31)20(12-28)34-25(22)33-15-4-6-16-14(11-15)3-5-18-17(16)9-10-26(2)19(18)7-8-21(26)30/h4,6,11,17-20,22-25,28,31-32H,3,5,7-10,12H2,1-2H3,(H,27,29)/t17-,18+,19-,20-,22-,23-,24-,25-,26+/m1/s1. The van der Waals surface area contributed by atoms with Crippen molar-refractivity contribution in [3.8, 4) is 5.75 Å². The number of rotatable bonds is 4. The predicted molar refractivity (Wildman–Crippen MR) is 122 cm³/mol. The van der Waals surface area contributed by atoms with Gasteiger partial charge in [-0.1, -0.05) is 13.0 Å². The van der Waals surface area contributed by atoms with Crippen molar-refractivity contribution >= 4 is 11.7 Å². The van der Waals surface area contributed by atoms with Crippen LogP contribution in [0.4, 0.5) is 0 Å². The molecule has 0 bridgehead atoms. The maximum Gasteiger partial charge on any atom is 0.223 e. The third-order valence-corrected chi connectivity index (χ3v) is 8.91. The van der Waals surface area contributed by atoms with E-state index in [0.717, 1.165) is 38.5 Å². The Morgan fingerprint density at radius 1 is 1.21 bits per heavy atom. The Kier molecular flexibility index (Phi) is 6.21. The van der Waals surface area contributed by atoms with Crippen LogP contribution < -0.4 is 10.1 Å². The summed E-state index contributed by atoms with van der Waals surface area (Å²) >= 11 is 0. The second kappa shape index (κ2) is 8.90. The lowest BCUT2D eigenvalue weighted by Gasteiger charge is -2.48. The van der Waals surface area contributed by atoms with E-state index >= 15 is 0 Å². The lowest BCUT2D eigenvalue weighted by molar-refractivity contribution is -0.244. The number of aliphatic hydroxyl groups is 3. The molecule has 0 unspecified atom stereocenters. The van der Waals surface area contributed by atoms with Crippen LogP contribution in [0, 0.1) is 17.3 Å². The third kappa shape index (κ3) is 3.85. The molecule has 1 aliphatic heterocycles. The average Bonchev–Trinajstić information content (AvgIpc) is 3.12. The molecular weight excluding hydrogens is 438 g/mol. The normalized spacial score (nSPS) is 41.3. The third-order valence-electron chi connectivity index (χ3n) is 8.91. The van der Waals surface area contributed by atoms with Gasteiger partial charge in [-0.05, 0) is 73.1 Å². The summed E-state index contributed by atoms with van der Waals surface area (Å²) < 4.78 is 11.8. The zero-order valence-electron chi connectivity index (χ0n) is 19.8. The Bertz CT molecular complexity index is 966. The number of hydrogen-bond donors (Lipinski definition) is 4. The zero-order chi connectivity index (χ0) is 24.2. The molecule has 0 aromatic heterocycles. The van der Waals surface area contributed by atoms with E-state index in [1.807, 2.05) is 12.1 Å². The first-order valence-corrected chi connectivity index (χ1v) is 12.4. The van der Waals surface area contributed by atoms with Crippen LogP contribution in [0.3, 0.4) is 0 Å². The summed E-state index contributed by atoms with van der Waals surface area (Å²) in [5.74, 6) is 2.07. The second-order valence-electron chi connectivity index (χ2n) is 10.7. The van der Waals surface area contributed by atoms with Gasteiger partial charge in [0.05, 0.1) is 6.61 Å². The van der Waals surface area contributed by atoms with Crippen LogP contribution in [0.5, 0.6) is 5.75 Å². The molecule has 0 spiro atoms. The maximum absolute atomic E-state index is 12.6. The summed E-state index contributed by atoms with van der Waals surface area (Å²) in [7, 11) is 0. The number of carbonyl (C=O) groups excluding carboxylic acids is 2. The molecule has 3 aliphatic carbocycles. The van der Waals surface area contributed by atoms with E-state index in [2.05, 4.69) is 18.3 Å². The van der Waals surface area contributed by atoms with Crippen LogP contribution in [0.15, 0.2) is 18.2 Å². The quantitative estimate of drug-likeness (QED) is 0.521. The fourth-order valence-corrected chi connectivity index (χ4v) is 7.11. The number of aliphatic hydroxyl groups excluding tert-OH is 3. The predicted octanol–water partition coefficient (Wildman–Crippen LogP) is 1.43. The monoisotopic (exact) mass is 473 g/mol. The van der Waals surface area contributed by atoms with E-state index in [1.165, 1.54) is 18.1 Å². The number of Topliss-reactive ketones (excluding diaryl/α,β-unsaturated/α-hetero) is 1. The van der Waals surface area contributed by atoms with Crippen LogP contribution >= 0.6 is 0 Å². The number of hydrogen-bond acceptors (Lipinski definition) is 7. The molecule has 8 nitrogen and oxygen atoms in total. The molecule has 4 aliphatic rings. The zero-order valence-corrected chi connectivity index (χ0v) is 19.8. The molecule has 5 rings (SSSR count). The minimum absolute atomic E-state index is 0.145. The Morgan fingerprint density at radius 3 is 2.74 bits per heavy atom. The summed E-state index contributed by atoms with van der Waals surface area (Å²) in [6, 6.07) is 5.01. The van der Waals surface area contributed by atoms with Crippen molar-refractivity contribution in [2.45, 2.75) is 88.9 Å². The van der Waals surface area contributed by atoms with Crippen molar-refractivity contribution in [1.29, 1.82) is 0 Å². The Hall–Kier alpha value is -2.00. The largest absolute Gasteiger partial charge is 0.463 e.